The number of ether oxygens (including phenoxy) is 1. The molecule has 3 heteroatoms. The topological polar surface area (TPSA) is 50.1 Å². The number of hydrogen-bond acceptors (Lipinski definition) is 3. The molecule has 0 N–H and O–H groups in total. The van der Waals surface area contributed by atoms with Crippen molar-refractivity contribution < 1.29 is 9.53 Å². The minimum Gasteiger partial charge on any atom is -0.465 e. The van der Waals surface area contributed by atoms with Crippen LogP contribution in [0.2, 0.25) is 0 Å². The fourth-order valence-corrected chi connectivity index (χ4v) is 1.64. The van der Waals surface area contributed by atoms with Gasteiger partial charge in [0, 0.05) is 0 Å². The average molecular weight is 193 g/mol. The van der Waals surface area contributed by atoms with Crippen molar-refractivity contribution in [1.29, 1.82) is 5.26 Å². The van der Waals surface area contributed by atoms with Gasteiger partial charge in [0.25, 0.3) is 0 Å². The van der Waals surface area contributed by atoms with Gasteiger partial charge >= 0.3 is 5.97 Å². The van der Waals surface area contributed by atoms with Gasteiger partial charge in [-0.2, -0.15) is 5.26 Å². The van der Waals surface area contributed by atoms with Gasteiger partial charge in [0.15, 0.2) is 5.92 Å². The molecule has 0 unspecified atom stereocenters. The van der Waals surface area contributed by atoms with Gasteiger partial charge < -0.3 is 4.74 Å². The molecule has 1 aliphatic carbocycles. The van der Waals surface area contributed by atoms with Crippen molar-refractivity contribution in [2.45, 2.75) is 32.6 Å². The Balaban J connectivity index is 2.66. The third-order valence-corrected chi connectivity index (χ3v) is 2.35. The maximum atomic E-state index is 11.4. The number of carbonyl (C=O) groups excluding carboxylic acids is 1. The number of carbonyl (C=O) groups is 1. The van der Waals surface area contributed by atoms with Gasteiger partial charge in [-0.25, -0.2) is 0 Å². The summed E-state index contributed by atoms with van der Waals surface area (Å²) in [4.78, 5) is 11.4. The Morgan fingerprint density at radius 1 is 1.71 bits per heavy atom. The highest BCUT2D eigenvalue weighted by Crippen LogP contribution is 2.24. The first kappa shape index (κ1) is 10.8. The zero-order chi connectivity index (χ0) is 10.4. The van der Waals surface area contributed by atoms with Crippen LogP contribution in [0.15, 0.2) is 11.6 Å². The Kier molecular flexibility index (Phi) is 4.18. The number of esters is 1. The standard InChI is InChI=1S/C11H15NO2/c1-2-14-11(13)10(8-12)9-6-4-3-5-7-9/h6,10H,2-5,7H2,1H3/t10-/m0/s1. The zero-order valence-corrected chi connectivity index (χ0v) is 8.45. The summed E-state index contributed by atoms with van der Waals surface area (Å²) in [6.07, 6.45) is 6.08. The van der Waals surface area contributed by atoms with Crippen molar-refractivity contribution >= 4 is 5.97 Å². The lowest BCUT2D eigenvalue weighted by atomic mass is 9.90. The molecule has 0 radical (unpaired) electrons. The maximum absolute atomic E-state index is 11.4. The fraction of sp³-hybridized carbons (Fsp3) is 0.636. The van der Waals surface area contributed by atoms with Gasteiger partial charge in [0.05, 0.1) is 12.7 Å². The van der Waals surface area contributed by atoms with Crippen LogP contribution in [0.3, 0.4) is 0 Å². The zero-order valence-electron chi connectivity index (χ0n) is 8.45. The Labute approximate surface area is 84.4 Å². The molecule has 0 amide bonds. The second kappa shape index (κ2) is 5.43. The molecule has 1 aliphatic rings. The Bertz CT molecular complexity index is 276. The fourth-order valence-electron chi connectivity index (χ4n) is 1.64. The minimum absolute atomic E-state index is 0.338. The Morgan fingerprint density at radius 3 is 3.00 bits per heavy atom. The van der Waals surface area contributed by atoms with E-state index in [1.165, 1.54) is 0 Å². The van der Waals surface area contributed by atoms with Crippen LogP contribution in [0.4, 0.5) is 0 Å². The van der Waals surface area contributed by atoms with Gasteiger partial charge in [-0.3, -0.25) is 4.79 Å². The summed E-state index contributed by atoms with van der Waals surface area (Å²) in [5.74, 6) is -1.07. The third-order valence-electron chi connectivity index (χ3n) is 2.35. The van der Waals surface area contributed by atoms with Crippen LogP contribution in [0, 0.1) is 17.2 Å². The van der Waals surface area contributed by atoms with Crippen LogP contribution >= 0.6 is 0 Å². The molecule has 76 valence electrons. The molecule has 0 aromatic carbocycles. The number of nitrogens with zero attached hydrogens (tertiary/aromatic N) is 1. The molecule has 3 nitrogen and oxygen atoms in total. The van der Waals surface area contributed by atoms with Crippen LogP contribution in [-0.2, 0) is 9.53 Å². The highest BCUT2D eigenvalue weighted by Gasteiger charge is 2.24. The van der Waals surface area contributed by atoms with E-state index < -0.39 is 11.9 Å². The highest BCUT2D eigenvalue weighted by molar-refractivity contribution is 5.78. The smallest absolute Gasteiger partial charge is 0.327 e. The van der Waals surface area contributed by atoms with Gasteiger partial charge in [-0.15, -0.1) is 0 Å². The molecule has 0 saturated carbocycles. The second-order valence-electron chi connectivity index (χ2n) is 3.34. The van der Waals surface area contributed by atoms with E-state index in [1.807, 2.05) is 12.1 Å². The summed E-state index contributed by atoms with van der Waals surface area (Å²) in [5.41, 5.74) is 0.942. The minimum atomic E-state index is -0.671. The van der Waals surface area contributed by atoms with E-state index in [-0.39, 0.29) is 0 Å². The van der Waals surface area contributed by atoms with E-state index in [9.17, 15) is 4.79 Å². The molecule has 0 aliphatic heterocycles. The van der Waals surface area contributed by atoms with Crippen LogP contribution < -0.4 is 0 Å². The van der Waals surface area contributed by atoms with Crippen LogP contribution in [0.1, 0.15) is 32.6 Å². The molecule has 0 spiro atoms. The SMILES string of the molecule is CCOC(=O)[C@@H](C#N)C1=CCCCC1. The predicted molar refractivity (Wildman–Crippen MR) is 52.3 cm³/mol. The first-order chi connectivity index (χ1) is 6.79. The van der Waals surface area contributed by atoms with Crippen molar-refractivity contribution in [2.24, 2.45) is 5.92 Å². The van der Waals surface area contributed by atoms with Gasteiger partial charge in [-0.1, -0.05) is 6.08 Å². The summed E-state index contributed by atoms with van der Waals surface area (Å²) in [5, 5.41) is 8.88. The molecule has 0 heterocycles. The van der Waals surface area contributed by atoms with Crippen molar-refractivity contribution in [3.05, 3.63) is 11.6 Å². The van der Waals surface area contributed by atoms with E-state index in [4.69, 9.17) is 10.00 Å². The van der Waals surface area contributed by atoms with E-state index >= 15 is 0 Å². The molecule has 1 atom stereocenters. The third kappa shape index (κ3) is 2.59. The van der Waals surface area contributed by atoms with Crippen LogP contribution in [-0.4, -0.2) is 12.6 Å². The molecule has 0 saturated heterocycles. The highest BCUT2D eigenvalue weighted by atomic mass is 16.5. The quantitative estimate of drug-likeness (QED) is 0.510. The Morgan fingerprint density at radius 2 is 2.50 bits per heavy atom. The lowest BCUT2D eigenvalue weighted by molar-refractivity contribution is -0.144. The number of rotatable bonds is 3. The first-order valence-corrected chi connectivity index (χ1v) is 5.04. The maximum Gasteiger partial charge on any atom is 0.327 e. The normalized spacial score (nSPS) is 17.9. The van der Waals surface area contributed by atoms with E-state index in [2.05, 4.69) is 0 Å². The van der Waals surface area contributed by atoms with Crippen LogP contribution in [0.5, 0.6) is 0 Å². The molecule has 1 rings (SSSR count). The number of hydrogen-bond donors (Lipinski definition) is 0. The summed E-state index contributed by atoms with van der Waals surface area (Å²) >= 11 is 0. The van der Waals surface area contributed by atoms with Gasteiger partial charge in [0.2, 0.25) is 0 Å². The average Bonchev–Trinajstić information content (AvgIpc) is 2.21. The molecule has 0 aromatic rings. The number of nitriles is 1. The molecule has 0 bridgehead atoms. The molecular formula is C11H15NO2. The lowest BCUT2D eigenvalue weighted by Crippen LogP contribution is -2.19. The summed E-state index contributed by atoms with van der Waals surface area (Å²) in [6, 6.07) is 2.01. The van der Waals surface area contributed by atoms with Crippen molar-refractivity contribution in [1.82, 2.24) is 0 Å². The molecular weight excluding hydrogens is 178 g/mol. The van der Waals surface area contributed by atoms with Crippen molar-refractivity contribution in [3.8, 4) is 6.07 Å². The molecule has 0 fully saturated rings. The Hall–Kier alpha value is -1.30. The lowest BCUT2D eigenvalue weighted by Gasteiger charge is -2.16. The van der Waals surface area contributed by atoms with E-state index in [0.717, 1.165) is 31.3 Å². The summed E-state index contributed by atoms with van der Waals surface area (Å²) in [6.45, 7) is 2.09. The summed E-state index contributed by atoms with van der Waals surface area (Å²) < 4.78 is 4.85. The second-order valence-corrected chi connectivity index (χ2v) is 3.34. The van der Waals surface area contributed by atoms with E-state index in [0.29, 0.717) is 6.61 Å². The number of allylic oxidation sites excluding steroid dienone is 1. The van der Waals surface area contributed by atoms with Crippen molar-refractivity contribution in [2.75, 3.05) is 6.61 Å². The molecule has 0 aromatic heterocycles. The summed E-state index contributed by atoms with van der Waals surface area (Å²) in [7, 11) is 0. The van der Waals surface area contributed by atoms with Gasteiger partial charge in [0.1, 0.15) is 0 Å². The van der Waals surface area contributed by atoms with E-state index in [1.54, 1.807) is 6.92 Å². The van der Waals surface area contributed by atoms with Gasteiger partial charge in [-0.05, 0) is 38.2 Å². The van der Waals surface area contributed by atoms with Crippen molar-refractivity contribution in [3.63, 3.8) is 0 Å². The predicted octanol–water partition coefficient (Wildman–Crippen LogP) is 2.19. The van der Waals surface area contributed by atoms with Crippen LogP contribution in [0.25, 0.3) is 0 Å². The first-order valence-electron chi connectivity index (χ1n) is 5.04. The monoisotopic (exact) mass is 193 g/mol. The molecule has 14 heavy (non-hydrogen) atoms. The largest absolute Gasteiger partial charge is 0.465 e.